The van der Waals surface area contributed by atoms with Gasteiger partial charge in [-0.1, -0.05) is 48.7 Å². The minimum Gasteiger partial charge on any atom is -0.486 e. The fourth-order valence-corrected chi connectivity index (χ4v) is 2.05. The van der Waals surface area contributed by atoms with Gasteiger partial charge in [-0.15, -0.1) is 0 Å². The molecular formula is C18H19N3OS2. The summed E-state index contributed by atoms with van der Waals surface area (Å²) in [6, 6.07) is 11.7. The summed E-state index contributed by atoms with van der Waals surface area (Å²) in [6.45, 7) is 1.02. The Hall–Kier alpha value is -2.31. The van der Waals surface area contributed by atoms with E-state index in [1.165, 1.54) is 0 Å². The summed E-state index contributed by atoms with van der Waals surface area (Å²) in [5.41, 5.74) is 2.09. The summed E-state index contributed by atoms with van der Waals surface area (Å²) in [7, 11) is 1.78. The molecule has 4 nitrogen and oxygen atoms in total. The topological polar surface area (TPSA) is 46.2 Å². The summed E-state index contributed by atoms with van der Waals surface area (Å²) < 4.78 is 5.62. The molecule has 2 aromatic rings. The summed E-state index contributed by atoms with van der Waals surface area (Å²) in [5, 5.41) is 6.06. The molecule has 0 saturated heterocycles. The zero-order valence-corrected chi connectivity index (χ0v) is 15.0. The van der Waals surface area contributed by atoms with Gasteiger partial charge in [-0.3, -0.25) is 4.98 Å². The van der Waals surface area contributed by atoms with Crippen molar-refractivity contribution in [3.05, 3.63) is 66.0 Å². The quantitative estimate of drug-likeness (QED) is 0.586. The van der Waals surface area contributed by atoms with Crippen molar-refractivity contribution in [2.75, 3.05) is 13.7 Å². The van der Waals surface area contributed by atoms with E-state index in [4.69, 9.17) is 29.2 Å². The lowest BCUT2D eigenvalue weighted by Crippen LogP contribution is -2.22. The first kappa shape index (κ1) is 18.0. The Bertz CT molecular complexity index is 717. The van der Waals surface area contributed by atoms with Gasteiger partial charge in [0.15, 0.2) is 0 Å². The van der Waals surface area contributed by atoms with Gasteiger partial charge in [0.2, 0.25) is 0 Å². The van der Waals surface area contributed by atoms with Crippen LogP contribution in [0, 0.1) is 0 Å². The molecular weight excluding hydrogens is 338 g/mol. The number of nitrogens with zero attached hydrogens (tertiary/aromatic N) is 1. The maximum atomic E-state index is 5.62. The van der Waals surface area contributed by atoms with Crippen LogP contribution in [-0.2, 0) is 6.54 Å². The molecule has 0 spiro atoms. The number of thiocarbonyl (C=S) groups is 2. The van der Waals surface area contributed by atoms with Crippen LogP contribution in [0.25, 0.3) is 6.08 Å². The zero-order valence-electron chi connectivity index (χ0n) is 13.4. The number of hydrogen-bond donors (Lipinski definition) is 2. The number of benzene rings is 1. The smallest absolute Gasteiger partial charge is 0.138 e. The van der Waals surface area contributed by atoms with Crippen molar-refractivity contribution >= 4 is 40.5 Å². The highest BCUT2D eigenvalue weighted by atomic mass is 32.1. The summed E-state index contributed by atoms with van der Waals surface area (Å²) in [5.74, 6) is 0.768. The van der Waals surface area contributed by atoms with Crippen LogP contribution >= 0.6 is 24.4 Å². The number of rotatable bonds is 7. The number of ether oxygens (including phenoxy) is 1. The molecule has 6 heteroatoms. The van der Waals surface area contributed by atoms with Crippen LogP contribution in [0.2, 0.25) is 0 Å². The highest BCUT2D eigenvalue weighted by Gasteiger charge is 1.98. The van der Waals surface area contributed by atoms with Gasteiger partial charge in [0.25, 0.3) is 0 Å². The van der Waals surface area contributed by atoms with Crippen LogP contribution in [0.4, 0.5) is 0 Å². The summed E-state index contributed by atoms with van der Waals surface area (Å²) in [4.78, 5) is 5.40. The molecule has 0 fully saturated rings. The average molecular weight is 358 g/mol. The standard InChI is InChI=1S/C18H19N3OS2/c1-19-18(24)13-22-16-6-2-4-14(10-16)7-8-17(23)21-12-15-5-3-9-20-11-15/h2-11H,12-13H2,1H3,(H,19,24)(H,21,23). The van der Waals surface area contributed by atoms with Gasteiger partial charge >= 0.3 is 0 Å². The molecule has 24 heavy (non-hydrogen) atoms. The van der Waals surface area contributed by atoms with Gasteiger partial charge < -0.3 is 15.4 Å². The third-order valence-electron chi connectivity index (χ3n) is 3.12. The fraction of sp³-hybridized carbons (Fsp3) is 0.167. The Labute approximate surface area is 153 Å². The van der Waals surface area contributed by atoms with Crippen LogP contribution in [0.3, 0.4) is 0 Å². The molecule has 0 aliphatic rings. The highest BCUT2D eigenvalue weighted by Crippen LogP contribution is 2.14. The summed E-state index contributed by atoms with van der Waals surface area (Å²) >= 11 is 10.4. The monoisotopic (exact) mass is 357 g/mol. The van der Waals surface area contributed by atoms with Crippen molar-refractivity contribution in [2.24, 2.45) is 0 Å². The van der Waals surface area contributed by atoms with Gasteiger partial charge in [0.05, 0.1) is 4.99 Å². The lowest BCUT2D eigenvalue weighted by Gasteiger charge is -2.07. The first-order valence-electron chi connectivity index (χ1n) is 7.45. The van der Waals surface area contributed by atoms with Crippen molar-refractivity contribution in [3.63, 3.8) is 0 Å². The zero-order chi connectivity index (χ0) is 17.2. The number of nitrogens with one attached hydrogen (secondary N) is 2. The van der Waals surface area contributed by atoms with E-state index < -0.39 is 0 Å². The second-order valence-corrected chi connectivity index (χ2v) is 5.88. The first-order valence-corrected chi connectivity index (χ1v) is 8.27. The normalized spacial score (nSPS) is 10.4. The molecule has 1 heterocycles. The van der Waals surface area contributed by atoms with E-state index in [1.807, 2.05) is 54.7 Å². The van der Waals surface area contributed by atoms with Crippen LogP contribution < -0.4 is 15.4 Å². The van der Waals surface area contributed by atoms with Crippen LogP contribution in [0.1, 0.15) is 11.1 Å². The van der Waals surface area contributed by atoms with E-state index in [0.29, 0.717) is 23.1 Å². The second kappa shape index (κ2) is 9.75. The Balaban J connectivity index is 1.86. The first-order chi connectivity index (χ1) is 11.7. The Morgan fingerprint density at radius 2 is 2.12 bits per heavy atom. The Kier molecular flexibility index (Phi) is 7.32. The van der Waals surface area contributed by atoms with E-state index >= 15 is 0 Å². The van der Waals surface area contributed by atoms with Crippen molar-refractivity contribution < 1.29 is 4.74 Å². The molecule has 0 aliphatic carbocycles. The van der Waals surface area contributed by atoms with Gasteiger partial charge in [-0.05, 0) is 35.4 Å². The number of aromatic nitrogens is 1. The number of likely N-dealkylation sites (N-methyl/N-ethyl adjacent to an activating group) is 1. The molecule has 2 rings (SSSR count). The highest BCUT2D eigenvalue weighted by molar-refractivity contribution is 7.80. The average Bonchev–Trinajstić information content (AvgIpc) is 2.64. The van der Waals surface area contributed by atoms with E-state index in [2.05, 4.69) is 15.6 Å². The minimum absolute atomic E-state index is 0.365. The van der Waals surface area contributed by atoms with Gasteiger partial charge in [-0.25, -0.2) is 0 Å². The molecule has 0 amide bonds. The van der Waals surface area contributed by atoms with E-state index in [0.717, 1.165) is 16.9 Å². The molecule has 124 valence electrons. The minimum atomic E-state index is 0.365. The second-order valence-electron chi connectivity index (χ2n) is 4.95. The van der Waals surface area contributed by atoms with Gasteiger partial charge in [0, 0.05) is 26.0 Å². The molecule has 0 atom stereocenters. The number of hydrogen-bond acceptors (Lipinski definition) is 4. The molecule has 1 aromatic heterocycles. The molecule has 2 N–H and O–H groups in total. The fourth-order valence-electron chi connectivity index (χ4n) is 1.85. The SMILES string of the molecule is CNC(=S)COc1cccc(C=CC(=S)NCc2cccnc2)c1. The van der Waals surface area contributed by atoms with Gasteiger partial charge in [-0.2, -0.15) is 0 Å². The number of pyridine rings is 1. The molecule has 1 aromatic carbocycles. The predicted molar refractivity (Wildman–Crippen MR) is 106 cm³/mol. The Morgan fingerprint density at radius 1 is 1.25 bits per heavy atom. The largest absolute Gasteiger partial charge is 0.486 e. The van der Waals surface area contributed by atoms with Gasteiger partial charge in [0.1, 0.15) is 17.3 Å². The molecule has 0 aliphatic heterocycles. The molecule has 0 bridgehead atoms. The third kappa shape index (κ3) is 6.44. The van der Waals surface area contributed by atoms with E-state index in [9.17, 15) is 0 Å². The maximum absolute atomic E-state index is 5.62. The predicted octanol–water partition coefficient (Wildman–Crippen LogP) is 3.14. The van der Waals surface area contributed by atoms with Crippen molar-refractivity contribution in [1.29, 1.82) is 0 Å². The van der Waals surface area contributed by atoms with Crippen molar-refractivity contribution in [3.8, 4) is 5.75 Å². The Morgan fingerprint density at radius 3 is 2.88 bits per heavy atom. The molecule has 0 unspecified atom stereocenters. The third-order valence-corrected chi connectivity index (χ3v) is 3.73. The van der Waals surface area contributed by atoms with Crippen LogP contribution in [0.15, 0.2) is 54.9 Å². The van der Waals surface area contributed by atoms with E-state index in [1.54, 1.807) is 13.2 Å². The van der Waals surface area contributed by atoms with Crippen LogP contribution in [-0.4, -0.2) is 28.6 Å². The lowest BCUT2D eigenvalue weighted by atomic mass is 10.2. The van der Waals surface area contributed by atoms with E-state index in [-0.39, 0.29) is 0 Å². The van der Waals surface area contributed by atoms with Crippen LogP contribution in [0.5, 0.6) is 5.75 Å². The van der Waals surface area contributed by atoms with Crippen molar-refractivity contribution in [1.82, 2.24) is 15.6 Å². The lowest BCUT2D eigenvalue weighted by molar-refractivity contribution is 0.375. The van der Waals surface area contributed by atoms with Crippen molar-refractivity contribution in [2.45, 2.75) is 6.54 Å². The maximum Gasteiger partial charge on any atom is 0.138 e. The summed E-state index contributed by atoms with van der Waals surface area (Å²) in [6.07, 6.45) is 7.38. The molecule has 0 radical (unpaired) electrons. The molecule has 0 saturated carbocycles.